The van der Waals surface area contributed by atoms with E-state index in [1.165, 1.54) is 31.3 Å². The normalized spacial score (nSPS) is 23.2. The Labute approximate surface area is 172 Å². The van der Waals surface area contributed by atoms with Crippen LogP contribution in [0.5, 0.6) is 11.5 Å². The molecule has 0 radical (unpaired) electrons. The molecular formula is C23H30N2O4. The summed E-state index contributed by atoms with van der Waals surface area (Å²) in [6.07, 6.45) is 11.3. The smallest absolute Gasteiger partial charge is 0.231 e. The van der Waals surface area contributed by atoms with Crippen LogP contribution in [0.25, 0.3) is 0 Å². The lowest BCUT2D eigenvalue weighted by Gasteiger charge is -2.27. The van der Waals surface area contributed by atoms with Crippen molar-refractivity contribution < 1.29 is 19.1 Å². The van der Waals surface area contributed by atoms with Gasteiger partial charge in [0.05, 0.1) is 0 Å². The first kappa shape index (κ1) is 19.8. The maximum atomic E-state index is 12.6. The molecule has 1 aromatic rings. The maximum Gasteiger partial charge on any atom is 0.231 e. The second kappa shape index (κ2) is 9.33. The number of rotatable bonds is 6. The molecule has 0 bridgehead atoms. The summed E-state index contributed by atoms with van der Waals surface area (Å²) < 4.78 is 10.7. The fourth-order valence-electron chi connectivity index (χ4n) is 4.46. The third kappa shape index (κ3) is 5.11. The molecule has 6 nitrogen and oxygen atoms in total. The van der Waals surface area contributed by atoms with E-state index in [0.29, 0.717) is 11.5 Å². The van der Waals surface area contributed by atoms with E-state index in [-0.39, 0.29) is 30.4 Å². The Morgan fingerprint density at radius 2 is 1.72 bits per heavy atom. The Kier molecular flexibility index (Phi) is 6.37. The minimum Gasteiger partial charge on any atom is -0.454 e. The number of allylic oxidation sites excluding steroid dienone is 1. The van der Waals surface area contributed by atoms with Crippen molar-refractivity contribution in [1.29, 1.82) is 0 Å². The van der Waals surface area contributed by atoms with Crippen molar-refractivity contribution in [1.82, 2.24) is 5.32 Å². The van der Waals surface area contributed by atoms with Crippen molar-refractivity contribution in [3.8, 4) is 11.5 Å². The van der Waals surface area contributed by atoms with Gasteiger partial charge in [0.2, 0.25) is 18.6 Å². The molecule has 1 heterocycles. The number of hydrogen-bond donors (Lipinski definition) is 2. The standard InChI is InChI=1S/C23H30N2O4/c26-22(24-13-12-16-4-2-1-3-5-16)17-6-8-18(9-7-17)23(27)25-19-10-11-20-21(14-19)29-15-28-20/h4,10-11,14,17-18H,1-3,5-9,12-13,15H2,(H,24,26)(H,25,27). The molecule has 0 atom stereocenters. The fourth-order valence-corrected chi connectivity index (χ4v) is 4.46. The van der Waals surface area contributed by atoms with Crippen molar-refractivity contribution in [2.75, 3.05) is 18.7 Å². The van der Waals surface area contributed by atoms with E-state index < -0.39 is 0 Å². The van der Waals surface area contributed by atoms with Gasteiger partial charge in [0.25, 0.3) is 0 Å². The lowest BCUT2D eigenvalue weighted by molar-refractivity contribution is -0.128. The zero-order chi connectivity index (χ0) is 20.1. The van der Waals surface area contributed by atoms with Gasteiger partial charge in [-0.05, 0) is 69.9 Å². The van der Waals surface area contributed by atoms with E-state index in [1.807, 2.05) is 12.1 Å². The molecule has 0 saturated heterocycles. The zero-order valence-electron chi connectivity index (χ0n) is 16.9. The Bertz CT molecular complexity index is 781. The van der Waals surface area contributed by atoms with E-state index in [4.69, 9.17) is 9.47 Å². The van der Waals surface area contributed by atoms with Gasteiger partial charge in [0, 0.05) is 30.1 Å². The number of carbonyl (C=O) groups excluding carboxylic acids is 2. The SMILES string of the molecule is O=C(NCCC1=CCCCC1)C1CCC(C(=O)Nc2ccc3c(c2)OCO3)CC1. The number of anilines is 1. The largest absolute Gasteiger partial charge is 0.454 e. The Morgan fingerprint density at radius 3 is 2.48 bits per heavy atom. The fraction of sp³-hybridized carbons (Fsp3) is 0.565. The summed E-state index contributed by atoms with van der Waals surface area (Å²) in [7, 11) is 0. The highest BCUT2D eigenvalue weighted by atomic mass is 16.7. The summed E-state index contributed by atoms with van der Waals surface area (Å²) in [6, 6.07) is 5.43. The molecule has 1 aliphatic heterocycles. The van der Waals surface area contributed by atoms with Crippen molar-refractivity contribution in [3.63, 3.8) is 0 Å². The number of benzene rings is 1. The summed E-state index contributed by atoms with van der Waals surface area (Å²) in [6.45, 7) is 0.950. The van der Waals surface area contributed by atoms with Crippen molar-refractivity contribution in [3.05, 3.63) is 29.8 Å². The van der Waals surface area contributed by atoms with Crippen LogP contribution in [0, 0.1) is 11.8 Å². The van der Waals surface area contributed by atoms with Crippen LogP contribution in [0.15, 0.2) is 29.8 Å². The number of fused-ring (bicyclic) bond motifs is 1. The van der Waals surface area contributed by atoms with Gasteiger partial charge in [-0.3, -0.25) is 9.59 Å². The highest BCUT2D eigenvalue weighted by molar-refractivity contribution is 5.93. The number of hydrogen-bond acceptors (Lipinski definition) is 4. The summed E-state index contributed by atoms with van der Waals surface area (Å²) in [5, 5.41) is 6.08. The summed E-state index contributed by atoms with van der Waals surface area (Å²) in [5.41, 5.74) is 2.21. The average Bonchev–Trinajstić information content (AvgIpc) is 3.22. The topological polar surface area (TPSA) is 76.7 Å². The summed E-state index contributed by atoms with van der Waals surface area (Å²) >= 11 is 0. The molecule has 0 unspecified atom stereocenters. The van der Waals surface area contributed by atoms with Crippen molar-refractivity contribution in [2.45, 2.75) is 57.8 Å². The molecular weight excluding hydrogens is 368 g/mol. The first-order valence-corrected chi connectivity index (χ1v) is 10.8. The van der Waals surface area contributed by atoms with Gasteiger partial charge in [-0.2, -0.15) is 0 Å². The molecule has 3 aliphatic rings. The molecule has 6 heteroatoms. The highest BCUT2D eigenvalue weighted by Crippen LogP contribution is 2.35. The Hall–Kier alpha value is -2.50. The third-order valence-corrected chi connectivity index (χ3v) is 6.24. The molecule has 1 aromatic carbocycles. The minimum absolute atomic E-state index is 0.0203. The predicted octanol–water partition coefficient (Wildman–Crippen LogP) is 4.17. The first-order valence-electron chi connectivity index (χ1n) is 10.8. The second-order valence-electron chi connectivity index (χ2n) is 8.26. The molecule has 2 N–H and O–H groups in total. The van der Waals surface area contributed by atoms with Gasteiger partial charge >= 0.3 is 0 Å². The van der Waals surface area contributed by atoms with Crippen LogP contribution < -0.4 is 20.1 Å². The van der Waals surface area contributed by atoms with Crippen LogP contribution in [-0.4, -0.2) is 25.2 Å². The van der Waals surface area contributed by atoms with Gasteiger partial charge in [0.15, 0.2) is 11.5 Å². The molecule has 0 aromatic heterocycles. The monoisotopic (exact) mass is 398 g/mol. The lowest BCUT2D eigenvalue weighted by atomic mass is 9.81. The van der Waals surface area contributed by atoms with E-state index >= 15 is 0 Å². The predicted molar refractivity (Wildman–Crippen MR) is 111 cm³/mol. The van der Waals surface area contributed by atoms with Crippen LogP contribution in [0.1, 0.15) is 57.8 Å². The van der Waals surface area contributed by atoms with Gasteiger partial charge in [-0.15, -0.1) is 0 Å². The maximum absolute atomic E-state index is 12.6. The average molecular weight is 399 g/mol. The zero-order valence-corrected chi connectivity index (χ0v) is 16.9. The first-order chi connectivity index (χ1) is 14.2. The van der Waals surface area contributed by atoms with Crippen LogP contribution in [0.2, 0.25) is 0 Å². The van der Waals surface area contributed by atoms with Crippen LogP contribution in [0.3, 0.4) is 0 Å². The van der Waals surface area contributed by atoms with Gasteiger partial charge in [-0.25, -0.2) is 0 Å². The van der Waals surface area contributed by atoms with Gasteiger partial charge in [-0.1, -0.05) is 11.6 Å². The highest BCUT2D eigenvalue weighted by Gasteiger charge is 2.30. The quantitative estimate of drug-likeness (QED) is 0.705. The van der Waals surface area contributed by atoms with Crippen molar-refractivity contribution >= 4 is 17.5 Å². The number of amides is 2. The molecule has 1 fully saturated rings. The summed E-state index contributed by atoms with van der Waals surface area (Å²) in [5.74, 6) is 1.52. The number of carbonyl (C=O) groups is 2. The molecule has 29 heavy (non-hydrogen) atoms. The Balaban J connectivity index is 1.19. The lowest BCUT2D eigenvalue weighted by Crippen LogP contribution is -2.36. The van der Waals surface area contributed by atoms with Crippen LogP contribution in [-0.2, 0) is 9.59 Å². The van der Waals surface area contributed by atoms with Crippen molar-refractivity contribution in [2.24, 2.45) is 11.8 Å². The second-order valence-corrected chi connectivity index (χ2v) is 8.26. The van der Waals surface area contributed by atoms with Crippen LogP contribution >= 0.6 is 0 Å². The van der Waals surface area contributed by atoms with E-state index in [2.05, 4.69) is 16.7 Å². The van der Waals surface area contributed by atoms with E-state index in [1.54, 1.807) is 6.07 Å². The Morgan fingerprint density at radius 1 is 0.966 bits per heavy atom. The van der Waals surface area contributed by atoms with E-state index in [9.17, 15) is 9.59 Å². The molecule has 1 saturated carbocycles. The van der Waals surface area contributed by atoms with Gasteiger partial charge in [0.1, 0.15) is 0 Å². The molecule has 156 valence electrons. The minimum atomic E-state index is -0.0446. The third-order valence-electron chi connectivity index (χ3n) is 6.24. The molecule has 2 aliphatic carbocycles. The molecule has 0 spiro atoms. The number of nitrogens with one attached hydrogen (secondary N) is 2. The number of ether oxygens (including phenoxy) is 2. The molecule has 2 amide bonds. The van der Waals surface area contributed by atoms with Gasteiger partial charge < -0.3 is 20.1 Å². The summed E-state index contributed by atoms with van der Waals surface area (Å²) in [4.78, 5) is 25.1. The van der Waals surface area contributed by atoms with Crippen LogP contribution in [0.4, 0.5) is 5.69 Å². The molecule has 4 rings (SSSR count). The van der Waals surface area contributed by atoms with E-state index in [0.717, 1.165) is 44.3 Å².